The number of fused-ring (bicyclic) bond motifs is 1. The van der Waals surface area contributed by atoms with E-state index in [1.165, 1.54) is 6.92 Å². The van der Waals surface area contributed by atoms with Crippen molar-refractivity contribution in [2.24, 2.45) is 0 Å². The quantitative estimate of drug-likeness (QED) is 0.678. The van der Waals surface area contributed by atoms with Gasteiger partial charge in [-0.15, -0.1) is 0 Å². The van der Waals surface area contributed by atoms with Crippen molar-refractivity contribution in [3.05, 3.63) is 42.0 Å². The van der Waals surface area contributed by atoms with Crippen LogP contribution in [0.4, 0.5) is 11.4 Å². The summed E-state index contributed by atoms with van der Waals surface area (Å²) in [7, 11) is 1.54. The number of rotatable bonds is 7. The molecule has 3 rings (SSSR count). The van der Waals surface area contributed by atoms with Crippen molar-refractivity contribution in [2.75, 3.05) is 24.5 Å². The second-order valence-electron chi connectivity index (χ2n) is 6.37. The number of ether oxygens (including phenoxy) is 3. The summed E-state index contributed by atoms with van der Waals surface area (Å²) in [5, 5.41) is 8.71. The molecule has 0 saturated heterocycles. The molecule has 0 aliphatic carbocycles. The highest BCUT2D eigenvalue weighted by Crippen LogP contribution is 2.32. The first-order chi connectivity index (χ1) is 13.5. The average molecular weight is 385 g/mol. The highest BCUT2D eigenvalue weighted by Gasteiger charge is 2.17. The number of methoxy groups -OCH3 is 1. The Bertz CT molecular complexity index is 884. The molecule has 8 heteroatoms. The minimum absolute atomic E-state index is 0.175. The lowest BCUT2D eigenvalue weighted by molar-refractivity contribution is -0.121. The molecule has 0 saturated carbocycles. The van der Waals surface area contributed by atoms with Gasteiger partial charge in [0.25, 0.3) is 0 Å². The van der Waals surface area contributed by atoms with Crippen LogP contribution in [0.3, 0.4) is 0 Å². The van der Waals surface area contributed by atoms with E-state index in [1.807, 2.05) is 18.2 Å². The van der Waals surface area contributed by atoms with Gasteiger partial charge in [-0.1, -0.05) is 6.07 Å². The maximum Gasteiger partial charge on any atom is 0.242 e. The van der Waals surface area contributed by atoms with E-state index in [-0.39, 0.29) is 18.6 Å². The number of hydrogen-bond acceptors (Lipinski definition) is 6. The largest absolute Gasteiger partial charge is 0.495 e. The topological polar surface area (TPSA) is 97.9 Å². The predicted molar refractivity (Wildman–Crippen MR) is 105 cm³/mol. The Labute approximate surface area is 163 Å². The van der Waals surface area contributed by atoms with Gasteiger partial charge in [0.15, 0.2) is 11.5 Å². The number of hydrogen-bond donors (Lipinski definition) is 3. The first-order valence-corrected chi connectivity index (χ1v) is 8.84. The number of anilines is 2. The summed E-state index contributed by atoms with van der Waals surface area (Å²) in [6, 6.07) is 10.2. The van der Waals surface area contributed by atoms with Crippen LogP contribution in [-0.4, -0.2) is 31.8 Å². The molecular formula is C20H23N3O5. The third-order valence-corrected chi connectivity index (χ3v) is 4.19. The van der Waals surface area contributed by atoms with Crippen LogP contribution in [-0.2, 0) is 16.1 Å². The van der Waals surface area contributed by atoms with Crippen molar-refractivity contribution >= 4 is 23.2 Å². The van der Waals surface area contributed by atoms with Gasteiger partial charge in [-0.2, -0.15) is 0 Å². The van der Waals surface area contributed by atoms with Crippen LogP contribution < -0.4 is 30.2 Å². The van der Waals surface area contributed by atoms with Gasteiger partial charge in [-0.25, -0.2) is 0 Å². The number of amides is 2. The normalized spacial score (nSPS) is 12.8. The fraction of sp³-hybridized carbons (Fsp3) is 0.300. The Kier molecular flexibility index (Phi) is 5.88. The Hall–Kier alpha value is -3.42. The van der Waals surface area contributed by atoms with Crippen molar-refractivity contribution in [1.82, 2.24) is 5.32 Å². The second kappa shape index (κ2) is 8.51. The molecule has 28 heavy (non-hydrogen) atoms. The maximum absolute atomic E-state index is 12.5. The van der Waals surface area contributed by atoms with Crippen molar-refractivity contribution in [3.63, 3.8) is 0 Å². The van der Waals surface area contributed by atoms with Crippen LogP contribution in [0.2, 0.25) is 0 Å². The molecule has 3 N–H and O–H groups in total. The molecule has 8 nitrogen and oxygen atoms in total. The Morgan fingerprint density at radius 3 is 2.68 bits per heavy atom. The average Bonchev–Trinajstić information content (AvgIpc) is 3.13. The Morgan fingerprint density at radius 2 is 1.93 bits per heavy atom. The van der Waals surface area contributed by atoms with E-state index in [9.17, 15) is 9.59 Å². The van der Waals surface area contributed by atoms with Gasteiger partial charge in [-0.05, 0) is 42.8 Å². The van der Waals surface area contributed by atoms with Gasteiger partial charge >= 0.3 is 0 Å². The summed E-state index contributed by atoms with van der Waals surface area (Å²) in [6.07, 6.45) is 0. The third-order valence-electron chi connectivity index (χ3n) is 4.19. The van der Waals surface area contributed by atoms with E-state index < -0.39 is 6.04 Å². The SMILES string of the molecule is COc1ccc(NC(C)=O)cc1NC(C)C(=O)NCc1ccc2c(c1)OCO2. The molecule has 1 heterocycles. The third kappa shape index (κ3) is 4.64. The van der Waals surface area contributed by atoms with Crippen molar-refractivity contribution in [3.8, 4) is 17.2 Å². The maximum atomic E-state index is 12.5. The van der Waals surface area contributed by atoms with Crippen LogP contribution >= 0.6 is 0 Å². The number of carbonyl (C=O) groups excluding carboxylic acids is 2. The zero-order chi connectivity index (χ0) is 20.1. The van der Waals surface area contributed by atoms with Crippen molar-refractivity contribution < 1.29 is 23.8 Å². The molecule has 1 aliphatic heterocycles. The van der Waals surface area contributed by atoms with Crippen LogP contribution in [0.25, 0.3) is 0 Å². The lowest BCUT2D eigenvalue weighted by Gasteiger charge is -2.18. The number of benzene rings is 2. The highest BCUT2D eigenvalue weighted by molar-refractivity contribution is 5.90. The first-order valence-electron chi connectivity index (χ1n) is 8.84. The van der Waals surface area contributed by atoms with E-state index in [2.05, 4.69) is 16.0 Å². The second-order valence-corrected chi connectivity index (χ2v) is 6.37. The molecule has 1 unspecified atom stereocenters. The molecule has 1 aliphatic rings. The molecule has 0 spiro atoms. The molecule has 0 aromatic heterocycles. The fourth-order valence-electron chi connectivity index (χ4n) is 2.79. The first kappa shape index (κ1) is 19.3. The van der Waals surface area contributed by atoms with Crippen LogP contribution in [0.15, 0.2) is 36.4 Å². The van der Waals surface area contributed by atoms with Gasteiger partial charge in [0.05, 0.1) is 12.8 Å². The van der Waals surface area contributed by atoms with Crippen molar-refractivity contribution in [2.45, 2.75) is 26.4 Å². The van der Waals surface area contributed by atoms with E-state index in [4.69, 9.17) is 14.2 Å². The standard InChI is InChI=1S/C20H23N3O5/c1-12(22-16-9-15(23-13(2)24)5-7-17(16)26-3)20(25)21-10-14-4-6-18-19(8-14)28-11-27-18/h4-9,12,22H,10-11H2,1-3H3,(H,21,25)(H,23,24). The van der Waals surface area contributed by atoms with Crippen molar-refractivity contribution in [1.29, 1.82) is 0 Å². The lowest BCUT2D eigenvalue weighted by atomic mass is 10.2. The van der Waals surface area contributed by atoms with Gasteiger partial charge in [-0.3, -0.25) is 9.59 Å². The van der Waals surface area contributed by atoms with E-state index in [0.29, 0.717) is 35.2 Å². The molecular weight excluding hydrogens is 362 g/mol. The summed E-state index contributed by atoms with van der Waals surface area (Å²) in [6.45, 7) is 3.76. The molecule has 2 aromatic carbocycles. The van der Waals surface area contributed by atoms with Gasteiger partial charge < -0.3 is 30.2 Å². The van der Waals surface area contributed by atoms with Crippen LogP contribution in [0, 0.1) is 0 Å². The van der Waals surface area contributed by atoms with E-state index in [1.54, 1.807) is 32.2 Å². The molecule has 1 atom stereocenters. The van der Waals surface area contributed by atoms with Crippen LogP contribution in [0.5, 0.6) is 17.2 Å². The molecule has 0 radical (unpaired) electrons. The number of carbonyl (C=O) groups is 2. The zero-order valence-electron chi connectivity index (χ0n) is 16.0. The monoisotopic (exact) mass is 385 g/mol. The summed E-state index contributed by atoms with van der Waals surface area (Å²) < 4.78 is 16.0. The Morgan fingerprint density at radius 1 is 1.14 bits per heavy atom. The molecule has 0 bridgehead atoms. The van der Waals surface area contributed by atoms with Gasteiger partial charge in [0, 0.05) is 19.2 Å². The van der Waals surface area contributed by atoms with Crippen LogP contribution in [0.1, 0.15) is 19.4 Å². The lowest BCUT2D eigenvalue weighted by Crippen LogP contribution is -2.37. The fourth-order valence-corrected chi connectivity index (χ4v) is 2.79. The Balaban J connectivity index is 1.61. The highest BCUT2D eigenvalue weighted by atomic mass is 16.7. The minimum Gasteiger partial charge on any atom is -0.495 e. The zero-order valence-corrected chi connectivity index (χ0v) is 16.0. The summed E-state index contributed by atoms with van der Waals surface area (Å²) >= 11 is 0. The van der Waals surface area contributed by atoms with E-state index >= 15 is 0 Å². The molecule has 2 aromatic rings. The molecule has 0 fully saturated rings. The number of nitrogens with one attached hydrogen (secondary N) is 3. The van der Waals surface area contributed by atoms with Gasteiger partial charge in [0.1, 0.15) is 11.8 Å². The van der Waals surface area contributed by atoms with Gasteiger partial charge in [0.2, 0.25) is 18.6 Å². The molecule has 148 valence electrons. The van der Waals surface area contributed by atoms with E-state index in [0.717, 1.165) is 5.56 Å². The summed E-state index contributed by atoms with van der Waals surface area (Å²) in [5.41, 5.74) is 2.14. The molecule has 2 amide bonds. The summed E-state index contributed by atoms with van der Waals surface area (Å²) in [4.78, 5) is 23.7. The predicted octanol–water partition coefficient (Wildman–Crippen LogP) is 2.50. The summed E-state index contributed by atoms with van der Waals surface area (Å²) in [5.74, 6) is 1.61. The minimum atomic E-state index is -0.518. The smallest absolute Gasteiger partial charge is 0.242 e.